The Hall–Kier alpha value is -2.05. The van der Waals surface area contributed by atoms with E-state index in [4.69, 9.17) is 10.9 Å². The molecule has 0 aliphatic carbocycles. The van der Waals surface area contributed by atoms with Crippen molar-refractivity contribution in [2.24, 2.45) is 10.9 Å². The number of anilines is 1. The number of aromatic nitrogens is 2. The number of oxime groups is 1. The molecule has 0 fully saturated rings. The summed E-state index contributed by atoms with van der Waals surface area (Å²) in [5.41, 5.74) is 5.33. The van der Waals surface area contributed by atoms with Crippen LogP contribution < -0.4 is 16.2 Å². The molecule has 1 atom stereocenters. The van der Waals surface area contributed by atoms with E-state index in [-0.39, 0.29) is 23.5 Å². The summed E-state index contributed by atoms with van der Waals surface area (Å²) in [6.07, 6.45) is 3.62. The Bertz CT molecular complexity index is 509. The van der Waals surface area contributed by atoms with Crippen molar-refractivity contribution in [1.82, 2.24) is 9.55 Å². The van der Waals surface area contributed by atoms with E-state index in [2.05, 4.69) is 10.1 Å². The lowest BCUT2D eigenvalue weighted by Crippen LogP contribution is -2.38. The molecule has 7 heteroatoms. The third-order valence-electron chi connectivity index (χ3n) is 3.03. The van der Waals surface area contributed by atoms with E-state index >= 15 is 0 Å². The van der Waals surface area contributed by atoms with Gasteiger partial charge < -0.3 is 20.4 Å². The predicted molar refractivity (Wildman–Crippen MR) is 74.8 cm³/mol. The van der Waals surface area contributed by atoms with Gasteiger partial charge in [-0.25, -0.2) is 4.98 Å². The van der Waals surface area contributed by atoms with E-state index in [1.165, 1.54) is 0 Å². The van der Waals surface area contributed by atoms with Crippen molar-refractivity contribution in [2.75, 3.05) is 11.9 Å². The number of hydrogen-bond acceptors (Lipinski definition) is 5. The molecule has 0 aliphatic rings. The van der Waals surface area contributed by atoms with Gasteiger partial charge in [0.1, 0.15) is 5.84 Å². The number of nitrogens with two attached hydrogens (primary N) is 1. The van der Waals surface area contributed by atoms with Gasteiger partial charge >= 0.3 is 0 Å². The average Bonchev–Trinajstić information content (AvgIpc) is 2.37. The van der Waals surface area contributed by atoms with Gasteiger partial charge in [0.2, 0.25) is 0 Å². The van der Waals surface area contributed by atoms with Gasteiger partial charge in [-0.1, -0.05) is 5.16 Å². The molecule has 0 saturated carbocycles. The van der Waals surface area contributed by atoms with Crippen LogP contribution in [0.1, 0.15) is 33.2 Å². The molecule has 3 N–H and O–H groups in total. The van der Waals surface area contributed by atoms with Crippen molar-refractivity contribution < 1.29 is 5.21 Å². The number of nitrogens with zero attached hydrogens (tertiary/aromatic N) is 4. The highest BCUT2D eigenvalue weighted by atomic mass is 16.4. The molecule has 0 aromatic carbocycles. The minimum atomic E-state index is -0.147. The van der Waals surface area contributed by atoms with E-state index in [0.29, 0.717) is 12.2 Å². The molecular formula is C12H21N5O2. The Kier molecular flexibility index (Phi) is 4.91. The second kappa shape index (κ2) is 6.21. The maximum atomic E-state index is 12.3. The molecule has 7 nitrogen and oxygen atoms in total. The lowest BCUT2D eigenvalue weighted by molar-refractivity contribution is 0.316. The average molecular weight is 267 g/mol. The van der Waals surface area contributed by atoms with Gasteiger partial charge in [0, 0.05) is 37.9 Å². The Balaban J connectivity index is 3.03. The SMILES string of the molecule is CC(CC(N)=NO)N(C)c1nccn(C(C)C)c1=O. The molecule has 0 spiro atoms. The van der Waals surface area contributed by atoms with Gasteiger partial charge in [0.15, 0.2) is 5.82 Å². The van der Waals surface area contributed by atoms with Gasteiger partial charge in [-0.05, 0) is 20.8 Å². The molecule has 1 rings (SSSR count). The fourth-order valence-electron chi connectivity index (χ4n) is 1.75. The lowest BCUT2D eigenvalue weighted by atomic mass is 10.2. The first-order valence-corrected chi connectivity index (χ1v) is 6.14. The van der Waals surface area contributed by atoms with E-state index in [0.717, 1.165) is 0 Å². The highest BCUT2D eigenvalue weighted by Gasteiger charge is 2.17. The quantitative estimate of drug-likeness (QED) is 0.356. The number of amidine groups is 1. The molecule has 0 saturated heterocycles. The van der Waals surface area contributed by atoms with Crippen molar-refractivity contribution in [2.45, 2.75) is 39.3 Å². The van der Waals surface area contributed by atoms with Crippen LogP contribution in [0.15, 0.2) is 22.3 Å². The largest absolute Gasteiger partial charge is 0.409 e. The number of hydrogen-bond donors (Lipinski definition) is 2. The Labute approximate surface area is 112 Å². The van der Waals surface area contributed by atoms with Crippen LogP contribution >= 0.6 is 0 Å². The number of rotatable bonds is 5. The van der Waals surface area contributed by atoms with Crippen LogP contribution in [0.4, 0.5) is 5.82 Å². The van der Waals surface area contributed by atoms with Gasteiger partial charge in [-0.2, -0.15) is 0 Å². The molecule has 1 heterocycles. The topological polar surface area (TPSA) is 96.7 Å². The molecule has 0 radical (unpaired) electrons. The summed E-state index contributed by atoms with van der Waals surface area (Å²) in [5.74, 6) is 0.480. The summed E-state index contributed by atoms with van der Waals surface area (Å²) in [6, 6.07) is -0.0267. The van der Waals surface area contributed by atoms with E-state index in [1.54, 1.807) is 28.9 Å². The monoisotopic (exact) mass is 267 g/mol. The second-order valence-corrected chi connectivity index (χ2v) is 4.81. The van der Waals surface area contributed by atoms with Gasteiger partial charge in [-0.15, -0.1) is 0 Å². The zero-order chi connectivity index (χ0) is 14.6. The highest BCUT2D eigenvalue weighted by Crippen LogP contribution is 2.10. The molecule has 0 aliphatic heterocycles. The van der Waals surface area contributed by atoms with Crippen LogP contribution in [0.3, 0.4) is 0 Å². The van der Waals surface area contributed by atoms with Crippen LogP contribution in [0.2, 0.25) is 0 Å². The first kappa shape index (κ1) is 15.0. The van der Waals surface area contributed by atoms with Crippen LogP contribution in [0, 0.1) is 0 Å². The standard InChI is InChI=1S/C12H21N5O2/c1-8(2)17-6-5-14-11(12(17)18)16(4)9(3)7-10(13)15-19/h5-6,8-9,19H,7H2,1-4H3,(H2,13,15). The molecule has 0 bridgehead atoms. The zero-order valence-electron chi connectivity index (χ0n) is 11.7. The van der Waals surface area contributed by atoms with Crippen molar-refractivity contribution in [1.29, 1.82) is 0 Å². The Morgan fingerprint density at radius 2 is 2.21 bits per heavy atom. The zero-order valence-corrected chi connectivity index (χ0v) is 11.7. The molecule has 0 amide bonds. The smallest absolute Gasteiger partial charge is 0.293 e. The summed E-state index contributed by atoms with van der Waals surface area (Å²) in [5, 5.41) is 11.5. The van der Waals surface area contributed by atoms with Gasteiger partial charge in [0.05, 0.1) is 0 Å². The fourth-order valence-corrected chi connectivity index (χ4v) is 1.75. The molecular weight excluding hydrogens is 246 g/mol. The fraction of sp³-hybridized carbons (Fsp3) is 0.583. The van der Waals surface area contributed by atoms with E-state index in [9.17, 15) is 4.79 Å². The minimum Gasteiger partial charge on any atom is -0.409 e. The molecule has 19 heavy (non-hydrogen) atoms. The lowest BCUT2D eigenvalue weighted by Gasteiger charge is -2.25. The first-order chi connectivity index (χ1) is 8.88. The third kappa shape index (κ3) is 3.46. The van der Waals surface area contributed by atoms with Crippen LogP contribution in [0.25, 0.3) is 0 Å². The second-order valence-electron chi connectivity index (χ2n) is 4.81. The maximum Gasteiger partial charge on any atom is 0.293 e. The summed E-state index contributed by atoms with van der Waals surface area (Å²) in [6.45, 7) is 5.75. The van der Waals surface area contributed by atoms with E-state index < -0.39 is 0 Å². The maximum absolute atomic E-state index is 12.3. The highest BCUT2D eigenvalue weighted by molar-refractivity contribution is 5.80. The van der Waals surface area contributed by atoms with Gasteiger partial charge in [-0.3, -0.25) is 4.79 Å². The van der Waals surface area contributed by atoms with Crippen LogP contribution in [-0.2, 0) is 0 Å². The van der Waals surface area contributed by atoms with Crippen LogP contribution in [-0.4, -0.2) is 33.7 Å². The molecule has 1 aromatic heterocycles. The summed E-state index contributed by atoms with van der Waals surface area (Å²) in [4.78, 5) is 18.1. The summed E-state index contributed by atoms with van der Waals surface area (Å²) >= 11 is 0. The van der Waals surface area contributed by atoms with E-state index in [1.807, 2.05) is 20.8 Å². The van der Waals surface area contributed by atoms with Crippen molar-refractivity contribution in [3.8, 4) is 0 Å². The summed E-state index contributed by atoms with van der Waals surface area (Å²) < 4.78 is 1.62. The van der Waals surface area contributed by atoms with Crippen molar-refractivity contribution in [3.05, 3.63) is 22.7 Å². The molecule has 1 unspecified atom stereocenters. The minimum absolute atomic E-state index is 0.0713. The van der Waals surface area contributed by atoms with Gasteiger partial charge in [0.25, 0.3) is 5.56 Å². The summed E-state index contributed by atoms with van der Waals surface area (Å²) in [7, 11) is 1.77. The third-order valence-corrected chi connectivity index (χ3v) is 3.03. The Morgan fingerprint density at radius 3 is 2.74 bits per heavy atom. The first-order valence-electron chi connectivity index (χ1n) is 6.14. The predicted octanol–water partition coefficient (Wildman–Crippen LogP) is 0.785. The Morgan fingerprint density at radius 1 is 1.58 bits per heavy atom. The molecule has 106 valence electrons. The van der Waals surface area contributed by atoms with Crippen LogP contribution in [0.5, 0.6) is 0 Å². The van der Waals surface area contributed by atoms with Crippen molar-refractivity contribution in [3.63, 3.8) is 0 Å². The van der Waals surface area contributed by atoms with Crippen molar-refractivity contribution >= 4 is 11.7 Å². The normalized spacial score (nSPS) is 13.6. The molecule has 1 aromatic rings.